The Labute approximate surface area is 314 Å². The molecule has 2 heterocycles. The number of Topliss-reactive ketones (excluding diaryl/α,β-unsaturated/α-hetero) is 1. The molecule has 0 bridgehead atoms. The van der Waals surface area contributed by atoms with E-state index in [1.165, 1.54) is 0 Å². The van der Waals surface area contributed by atoms with Crippen LogP contribution in [0.2, 0.25) is 0 Å². The predicted octanol–water partition coefficient (Wildman–Crippen LogP) is 8.01. The molecule has 0 amide bonds. The summed E-state index contributed by atoms with van der Waals surface area (Å²) in [6.45, 7) is 21.6. The zero-order valence-electron chi connectivity index (χ0n) is 33.4. The Morgan fingerprint density at radius 1 is 0.765 bits per heavy atom. The third-order valence-corrected chi connectivity index (χ3v) is 6.57. The highest BCUT2D eigenvalue weighted by Gasteiger charge is 2.08. The van der Waals surface area contributed by atoms with Crippen LogP contribution in [0, 0.1) is 5.92 Å². The standard InChI is InChI=1S/C26H38N4O4.C8H16N2O.2C2H6.CH4S/c1-4-20(2)16-22-7-8-23(33-22)18-29-14-15-30-21(3)6-11-26(31)32-19-25-10-9-24(34-25)17-28-13-5-12-27;1-7(10-6-5-9)3-4-8(2)11;3*1-2/h7-10,17-18,20H,4-6,11-16,19,27H2,1-3H3;3-6,9H2,1-2H3;2*1-2H3;2H,1H3. The van der Waals surface area contributed by atoms with E-state index in [2.05, 4.69) is 46.4 Å². The summed E-state index contributed by atoms with van der Waals surface area (Å²) in [6.07, 6.45) is 10.2. The van der Waals surface area contributed by atoms with Crippen LogP contribution in [0.25, 0.3) is 0 Å². The number of thiol groups is 1. The lowest BCUT2D eigenvalue weighted by atomic mass is 10.0. The number of ether oxygens (including phenoxy) is 1. The number of rotatable bonds is 21. The van der Waals surface area contributed by atoms with Gasteiger partial charge in [-0.1, -0.05) is 48.0 Å². The molecular formula is C39H70N6O5S. The molecule has 0 saturated carbocycles. The summed E-state index contributed by atoms with van der Waals surface area (Å²) >= 11 is 3.53. The van der Waals surface area contributed by atoms with Gasteiger partial charge in [0.15, 0.2) is 0 Å². The number of aliphatic imine (C=N–C) groups is 4. The molecule has 0 saturated heterocycles. The Hall–Kier alpha value is -3.35. The van der Waals surface area contributed by atoms with Gasteiger partial charge < -0.3 is 29.8 Å². The maximum absolute atomic E-state index is 12.0. The molecule has 51 heavy (non-hydrogen) atoms. The number of esters is 1. The highest BCUT2D eigenvalue weighted by molar-refractivity contribution is 7.79. The number of ketones is 1. The molecule has 4 N–H and O–H groups in total. The van der Waals surface area contributed by atoms with Crippen LogP contribution < -0.4 is 11.5 Å². The molecule has 0 aromatic carbocycles. The van der Waals surface area contributed by atoms with Gasteiger partial charge in [-0.25, -0.2) is 0 Å². The number of carbonyl (C=O) groups excluding carboxylic acids is 2. The third kappa shape index (κ3) is 32.3. The summed E-state index contributed by atoms with van der Waals surface area (Å²) in [5.41, 5.74) is 12.6. The molecule has 1 unspecified atom stereocenters. The molecule has 2 rings (SSSR count). The fraction of sp³-hybridized carbons (Fsp3) is 0.641. The Balaban J connectivity index is -0.00000114. The summed E-state index contributed by atoms with van der Waals surface area (Å²) in [7, 11) is 0. The number of hydrogen-bond donors (Lipinski definition) is 3. The topological polar surface area (TPSA) is 171 Å². The van der Waals surface area contributed by atoms with Crippen LogP contribution in [0.3, 0.4) is 0 Å². The fourth-order valence-electron chi connectivity index (χ4n) is 3.67. The van der Waals surface area contributed by atoms with Crippen LogP contribution >= 0.6 is 12.6 Å². The maximum Gasteiger partial charge on any atom is 0.306 e. The van der Waals surface area contributed by atoms with Gasteiger partial charge in [-0.05, 0) is 83.0 Å². The monoisotopic (exact) mass is 735 g/mol. The quantitative estimate of drug-likeness (QED) is 0.0505. The Morgan fingerprint density at radius 2 is 1.29 bits per heavy atom. The van der Waals surface area contributed by atoms with Gasteiger partial charge in [-0.15, -0.1) is 0 Å². The zero-order chi connectivity index (χ0) is 39.3. The van der Waals surface area contributed by atoms with E-state index < -0.39 is 0 Å². The Kier molecular flexibility index (Phi) is 38.6. The first-order chi connectivity index (χ1) is 24.7. The van der Waals surface area contributed by atoms with Crippen molar-refractivity contribution >= 4 is 48.2 Å². The lowest BCUT2D eigenvalue weighted by molar-refractivity contribution is -0.145. The third-order valence-electron chi connectivity index (χ3n) is 6.57. The molecule has 0 radical (unpaired) electrons. The summed E-state index contributed by atoms with van der Waals surface area (Å²) in [5, 5.41) is 0. The maximum atomic E-state index is 12.0. The Bertz CT molecular complexity index is 1240. The van der Waals surface area contributed by atoms with E-state index in [4.69, 9.17) is 25.0 Å². The van der Waals surface area contributed by atoms with Crippen LogP contribution in [-0.4, -0.2) is 81.1 Å². The van der Waals surface area contributed by atoms with E-state index in [0.717, 1.165) is 48.6 Å². The van der Waals surface area contributed by atoms with E-state index >= 15 is 0 Å². The van der Waals surface area contributed by atoms with E-state index in [1.807, 2.05) is 53.7 Å². The van der Waals surface area contributed by atoms with E-state index in [9.17, 15) is 9.59 Å². The lowest BCUT2D eigenvalue weighted by Crippen LogP contribution is -2.07. The van der Waals surface area contributed by atoms with Crippen molar-refractivity contribution in [2.75, 3.05) is 45.5 Å². The minimum atomic E-state index is -0.284. The summed E-state index contributed by atoms with van der Waals surface area (Å²) in [6, 6.07) is 7.53. The van der Waals surface area contributed by atoms with Crippen LogP contribution in [0.1, 0.15) is 124 Å². The van der Waals surface area contributed by atoms with Crippen molar-refractivity contribution in [3.63, 3.8) is 0 Å². The summed E-state index contributed by atoms with van der Waals surface area (Å²) in [5.74, 6) is 3.52. The van der Waals surface area contributed by atoms with Crippen LogP contribution in [0.4, 0.5) is 0 Å². The van der Waals surface area contributed by atoms with Crippen molar-refractivity contribution in [3.8, 4) is 0 Å². The van der Waals surface area contributed by atoms with Crippen molar-refractivity contribution < 1.29 is 23.2 Å². The van der Waals surface area contributed by atoms with Crippen molar-refractivity contribution in [2.45, 2.75) is 114 Å². The minimum Gasteiger partial charge on any atom is -0.460 e. The van der Waals surface area contributed by atoms with Gasteiger partial charge in [0.2, 0.25) is 0 Å². The first-order valence-corrected chi connectivity index (χ1v) is 19.2. The van der Waals surface area contributed by atoms with Gasteiger partial charge in [0.05, 0.1) is 38.5 Å². The molecule has 0 aliphatic carbocycles. The highest BCUT2D eigenvalue weighted by atomic mass is 32.1. The van der Waals surface area contributed by atoms with Crippen molar-refractivity contribution in [3.05, 3.63) is 47.3 Å². The second-order valence-electron chi connectivity index (χ2n) is 10.9. The van der Waals surface area contributed by atoms with Crippen LogP contribution in [0.15, 0.2) is 53.1 Å². The first kappa shape index (κ1) is 52.0. The number of nitrogens with two attached hydrogens (primary N) is 2. The molecule has 292 valence electrons. The number of nitrogens with zero attached hydrogens (tertiary/aromatic N) is 4. The largest absolute Gasteiger partial charge is 0.460 e. The summed E-state index contributed by atoms with van der Waals surface area (Å²) in [4.78, 5) is 39.8. The van der Waals surface area contributed by atoms with E-state index in [1.54, 1.807) is 37.7 Å². The van der Waals surface area contributed by atoms with Gasteiger partial charge in [0.25, 0.3) is 0 Å². The molecule has 0 fully saturated rings. The molecule has 0 spiro atoms. The molecule has 1 atom stereocenters. The molecule has 0 aliphatic heterocycles. The van der Waals surface area contributed by atoms with Gasteiger partial charge in [-0.3, -0.25) is 24.8 Å². The summed E-state index contributed by atoms with van der Waals surface area (Å²) < 4.78 is 16.6. The average Bonchev–Trinajstić information content (AvgIpc) is 3.81. The van der Waals surface area contributed by atoms with Crippen LogP contribution in [-0.2, 0) is 27.4 Å². The first-order valence-electron chi connectivity index (χ1n) is 18.3. The molecule has 0 aliphatic rings. The molecular weight excluding hydrogens is 665 g/mol. The highest BCUT2D eigenvalue weighted by Crippen LogP contribution is 2.14. The second kappa shape index (κ2) is 37.9. The van der Waals surface area contributed by atoms with Crippen molar-refractivity contribution in [1.29, 1.82) is 0 Å². The van der Waals surface area contributed by atoms with Crippen molar-refractivity contribution in [1.82, 2.24) is 0 Å². The SMILES string of the molecule is CC.CC.CC(=O)CCC(C)=NCCN.CCC(C)Cc1ccc(C=NCCN=C(C)CCC(=O)OCc2ccc(C=NCCCN)o2)o1.CS. The van der Waals surface area contributed by atoms with E-state index in [-0.39, 0.29) is 24.8 Å². The van der Waals surface area contributed by atoms with E-state index in [0.29, 0.717) is 69.5 Å². The lowest BCUT2D eigenvalue weighted by Gasteiger charge is -2.04. The second-order valence-corrected chi connectivity index (χ2v) is 10.9. The Morgan fingerprint density at radius 3 is 1.84 bits per heavy atom. The van der Waals surface area contributed by atoms with Gasteiger partial charge in [0.1, 0.15) is 35.4 Å². The fourth-order valence-corrected chi connectivity index (χ4v) is 3.67. The molecule has 2 aromatic rings. The predicted molar refractivity (Wildman–Crippen MR) is 221 cm³/mol. The number of furan rings is 2. The van der Waals surface area contributed by atoms with Crippen molar-refractivity contribution in [2.24, 2.45) is 37.4 Å². The molecule has 11 nitrogen and oxygen atoms in total. The number of carbonyl (C=O) groups is 2. The molecule has 2 aromatic heterocycles. The zero-order valence-corrected chi connectivity index (χ0v) is 34.3. The molecule has 12 heteroatoms. The van der Waals surface area contributed by atoms with Gasteiger partial charge in [0, 0.05) is 37.4 Å². The minimum absolute atomic E-state index is 0.103. The average molecular weight is 735 g/mol. The number of hydrogen-bond acceptors (Lipinski definition) is 12. The van der Waals surface area contributed by atoms with Gasteiger partial charge >= 0.3 is 5.97 Å². The van der Waals surface area contributed by atoms with Crippen LogP contribution in [0.5, 0.6) is 0 Å². The van der Waals surface area contributed by atoms with Gasteiger partial charge in [-0.2, -0.15) is 12.6 Å². The normalized spacial score (nSPS) is 11.7. The smallest absolute Gasteiger partial charge is 0.306 e.